The van der Waals surface area contributed by atoms with Crippen LogP contribution < -0.4 is 4.90 Å². The first-order valence-electron chi connectivity index (χ1n) is 9.25. The molecule has 2 fully saturated rings. The summed E-state index contributed by atoms with van der Waals surface area (Å²) in [5.74, 6) is -0.454. The molecule has 2 heterocycles. The highest BCUT2D eigenvalue weighted by atomic mass is 35.5. The van der Waals surface area contributed by atoms with E-state index in [2.05, 4.69) is 0 Å². The van der Waals surface area contributed by atoms with Gasteiger partial charge in [-0.05, 0) is 30.3 Å². The number of carbonyl (C=O) groups excluding carboxylic acids is 3. The van der Waals surface area contributed by atoms with Gasteiger partial charge in [-0.2, -0.15) is 0 Å². The van der Waals surface area contributed by atoms with Crippen molar-refractivity contribution in [2.45, 2.75) is 12.5 Å². The lowest BCUT2D eigenvalue weighted by Gasteiger charge is -2.37. The molecule has 3 amide bonds. The van der Waals surface area contributed by atoms with Gasteiger partial charge in [0.1, 0.15) is 0 Å². The summed E-state index contributed by atoms with van der Waals surface area (Å²) in [7, 11) is 0. The first-order chi connectivity index (χ1) is 13.5. The Bertz CT molecular complexity index is 910. The highest BCUT2D eigenvalue weighted by molar-refractivity contribution is 6.31. The molecule has 4 rings (SSSR count). The van der Waals surface area contributed by atoms with Crippen LogP contribution in [0, 0.1) is 0 Å². The first kappa shape index (κ1) is 18.7. The van der Waals surface area contributed by atoms with E-state index >= 15 is 0 Å². The van der Waals surface area contributed by atoms with Crippen molar-refractivity contribution in [1.82, 2.24) is 9.80 Å². The van der Waals surface area contributed by atoms with Crippen LogP contribution in [0.15, 0.2) is 54.6 Å². The highest BCUT2D eigenvalue weighted by Gasteiger charge is 2.43. The summed E-state index contributed by atoms with van der Waals surface area (Å²) >= 11 is 6.00. The number of amides is 3. The number of benzene rings is 2. The molecular formula is C21H20ClN3O3. The summed E-state index contributed by atoms with van der Waals surface area (Å²) < 4.78 is 0. The number of rotatable bonds is 3. The monoisotopic (exact) mass is 397 g/mol. The topological polar surface area (TPSA) is 60.9 Å². The minimum atomic E-state index is -0.486. The summed E-state index contributed by atoms with van der Waals surface area (Å²) in [6, 6.07) is 15.4. The van der Waals surface area contributed by atoms with Crippen LogP contribution in [0.4, 0.5) is 5.69 Å². The number of hydrogen-bond acceptors (Lipinski definition) is 4. The maximum Gasteiger partial charge on any atom is 0.253 e. The van der Waals surface area contributed by atoms with Crippen molar-refractivity contribution in [2.75, 3.05) is 31.1 Å². The highest BCUT2D eigenvalue weighted by Crippen LogP contribution is 2.28. The molecule has 0 aliphatic carbocycles. The molecule has 2 saturated heterocycles. The molecule has 0 bridgehead atoms. The predicted molar refractivity (Wildman–Crippen MR) is 106 cm³/mol. The van der Waals surface area contributed by atoms with E-state index in [0.717, 1.165) is 0 Å². The van der Waals surface area contributed by atoms with Crippen LogP contribution in [-0.4, -0.2) is 59.7 Å². The average molecular weight is 398 g/mol. The number of piperazine rings is 1. The molecule has 2 aliphatic rings. The zero-order chi connectivity index (χ0) is 19.7. The van der Waals surface area contributed by atoms with Crippen molar-refractivity contribution in [2.24, 2.45) is 0 Å². The number of imide groups is 1. The van der Waals surface area contributed by atoms with Gasteiger partial charge in [0.25, 0.3) is 11.8 Å². The fourth-order valence-corrected chi connectivity index (χ4v) is 3.97. The fourth-order valence-electron chi connectivity index (χ4n) is 3.79. The van der Waals surface area contributed by atoms with Gasteiger partial charge in [0.2, 0.25) is 5.91 Å². The lowest BCUT2D eigenvalue weighted by Crippen LogP contribution is -2.53. The molecule has 0 aromatic heterocycles. The Morgan fingerprint density at radius 2 is 1.64 bits per heavy atom. The molecule has 0 saturated carbocycles. The smallest absolute Gasteiger partial charge is 0.253 e. The van der Waals surface area contributed by atoms with Crippen LogP contribution in [0.5, 0.6) is 0 Å². The van der Waals surface area contributed by atoms with E-state index in [1.807, 2.05) is 23.1 Å². The molecule has 0 N–H and O–H groups in total. The SMILES string of the molecule is O=C(c1ccccc1)N1CCN([C@@H]2CC(=O)N(c3cccc(Cl)c3)C2=O)CC1. The number of hydrogen-bond donors (Lipinski definition) is 0. The molecule has 28 heavy (non-hydrogen) atoms. The third-order valence-corrected chi connectivity index (χ3v) is 5.49. The minimum Gasteiger partial charge on any atom is -0.336 e. The van der Waals surface area contributed by atoms with Crippen molar-refractivity contribution in [1.29, 1.82) is 0 Å². The zero-order valence-corrected chi connectivity index (χ0v) is 16.0. The standard InChI is InChI=1S/C21H20ClN3O3/c22-16-7-4-8-17(13-16)25-19(26)14-18(21(25)28)23-9-11-24(12-10-23)20(27)15-5-2-1-3-6-15/h1-8,13,18H,9-12,14H2/t18-/m1/s1. The Morgan fingerprint density at radius 1 is 0.929 bits per heavy atom. The summed E-state index contributed by atoms with van der Waals surface area (Å²) in [5, 5.41) is 0.481. The van der Waals surface area contributed by atoms with Gasteiger partial charge in [-0.3, -0.25) is 19.3 Å². The van der Waals surface area contributed by atoms with E-state index in [9.17, 15) is 14.4 Å². The molecule has 6 nitrogen and oxygen atoms in total. The van der Waals surface area contributed by atoms with Crippen LogP contribution in [0.2, 0.25) is 5.02 Å². The van der Waals surface area contributed by atoms with Crippen molar-refractivity contribution < 1.29 is 14.4 Å². The average Bonchev–Trinajstić information content (AvgIpc) is 3.02. The van der Waals surface area contributed by atoms with Crippen molar-refractivity contribution in [3.8, 4) is 0 Å². The Balaban J connectivity index is 1.42. The lowest BCUT2D eigenvalue weighted by atomic mass is 10.1. The molecule has 2 aliphatic heterocycles. The second-order valence-electron chi connectivity index (χ2n) is 6.96. The molecule has 144 valence electrons. The molecule has 0 spiro atoms. The summed E-state index contributed by atoms with van der Waals surface area (Å²) in [4.78, 5) is 43.0. The zero-order valence-electron chi connectivity index (χ0n) is 15.3. The van der Waals surface area contributed by atoms with Gasteiger partial charge >= 0.3 is 0 Å². The molecular weight excluding hydrogens is 378 g/mol. The largest absolute Gasteiger partial charge is 0.336 e. The van der Waals surface area contributed by atoms with E-state index in [-0.39, 0.29) is 24.1 Å². The molecule has 2 aromatic rings. The number of halogens is 1. The predicted octanol–water partition coefficient (Wildman–Crippen LogP) is 2.43. The third-order valence-electron chi connectivity index (χ3n) is 5.25. The Kier molecular flexibility index (Phi) is 5.15. The van der Waals surface area contributed by atoms with Gasteiger partial charge < -0.3 is 4.90 Å². The second kappa shape index (κ2) is 7.73. The van der Waals surface area contributed by atoms with Gasteiger partial charge in [-0.1, -0.05) is 35.9 Å². The van der Waals surface area contributed by atoms with Gasteiger partial charge in [0.15, 0.2) is 0 Å². The summed E-state index contributed by atoms with van der Waals surface area (Å²) in [6.45, 7) is 2.18. The van der Waals surface area contributed by atoms with Gasteiger partial charge in [0, 0.05) is 36.8 Å². The maximum atomic E-state index is 12.9. The first-order valence-corrected chi connectivity index (χ1v) is 9.63. The molecule has 1 atom stereocenters. The van der Waals surface area contributed by atoms with E-state index in [4.69, 9.17) is 11.6 Å². The van der Waals surface area contributed by atoms with Crippen LogP contribution in [0.1, 0.15) is 16.8 Å². The van der Waals surface area contributed by atoms with Crippen LogP contribution in [0.25, 0.3) is 0 Å². The Morgan fingerprint density at radius 3 is 2.32 bits per heavy atom. The van der Waals surface area contributed by atoms with Crippen molar-refractivity contribution in [3.05, 3.63) is 65.2 Å². The molecule has 2 aromatic carbocycles. The maximum absolute atomic E-state index is 12.9. The molecule has 7 heteroatoms. The fraction of sp³-hybridized carbons (Fsp3) is 0.286. The summed E-state index contributed by atoms with van der Waals surface area (Å²) in [6.07, 6.45) is 0.151. The minimum absolute atomic E-state index is 0.00497. The Labute approximate surface area is 168 Å². The number of anilines is 1. The van der Waals surface area contributed by atoms with E-state index in [0.29, 0.717) is 42.5 Å². The van der Waals surface area contributed by atoms with Crippen LogP contribution in [-0.2, 0) is 9.59 Å². The van der Waals surface area contributed by atoms with Gasteiger partial charge in [0.05, 0.1) is 18.2 Å². The Hall–Kier alpha value is -2.70. The quantitative estimate of drug-likeness (QED) is 0.746. The van der Waals surface area contributed by atoms with Crippen molar-refractivity contribution in [3.63, 3.8) is 0 Å². The normalized spacial score (nSPS) is 20.7. The van der Waals surface area contributed by atoms with Crippen LogP contribution in [0.3, 0.4) is 0 Å². The van der Waals surface area contributed by atoms with E-state index in [1.54, 1.807) is 41.3 Å². The molecule has 0 radical (unpaired) electrons. The number of carbonyl (C=O) groups is 3. The van der Waals surface area contributed by atoms with Crippen LogP contribution >= 0.6 is 11.6 Å². The third kappa shape index (κ3) is 3.53. The van der Waals surface area contributed by atoms with Crippen molar-refractivity contribution >= 4 is 35.0 Å². The summed E-state index contributed by atoms with van der Waals surface area (Å²) in [5.41, 5.74) is 1.16. The van der Waals surface area contributed by atoms with Gasteiger partial charge in [-0.15, -0.1) is 0 Å². The van der Waals surface area contributed by atoms with E-state index < -0.39 is 6.04 Å². The van der Waals surface area contributed by atoms with Gasteiger partial charge in [-0.25, -0.2) is 4.90 Å². The second-order valence-corrected chi connectivity index (χ2v) is 7.40. The lowest BCUT2D eigenvalue weighted by molar-refractivity contribution is -0.123. The molecule has 0 unspecified atom stereocenters. The van der Waals surface area contributed by atoms with E-state index in [1.165, 1.54) is 4.90 Å². The number of nitrogens with zero attached hydrogens (tertiary/aromatic N) is 3.